The topological polar surface area (TPSA) is 62.3 Å². The number of piperazine rings is 1. The van der Waals surface area contributed by atoms with Crippen LogP contribution in [0.5, 0.6) is 5.75 Å². The first-order valence-electron chi connectivity index (χ1n) is 17.1. The molecule has 0 aromatic heterocycles. The van der Waals surface area contributed by atoms with E-state index in [9.17, 15) is 9.59 Å². The Labute approximate surface area is 275 Å². The van der Waals surface area contributed by atoms with Gasteiger partial charge in [0, 0.05) is 45.1 Å². The van der Waals surface area contributed by atoms with Crippen LogP contribution in [0.1, 0.15) is 88.7 Å². The lowest BCUT2D eigenvalue weighted by Crippen LogP contribution is -2.46. The quantitative estimate of drug-likeness (QED) is 0.0935. The van der Waals surface area contributed by atoms with Crippen molar-refractivity contribution in [3.63, 3.8) is 0 Å². The molecule has 1 fully saturated rings. The number of esters is 1. The first-order valence-corrected chi connectivity index (χ1v) is 17.4. The normalized spacial score (nSPS) is 15.5. The summed E-state index contributed by atoms with van der Waals surface area (Å²) in [7, 11) is 0. The van der Waals surface area contributed by atoms with E-state index in [1.807, 2.05) is 18.2 Å². The lowest BCUT2D eigenvalue weighted by Gasteiger charge is -2.36. The van der Waals surface area contributed by atoms with Crippen LogP contribution in [-0.4, -0.2) is 62.8 Å². The van der Waals surface area contributed by atoms with Gasteiger partial charge in [-0.25, -0.2) is 0 Å². The molecule has 2 aliphatic rings. The van der Waals surface area contributed by atoms with Crippen molar-refractivity contribution in [3.8, 4) is 5.75 Å². The highest BCUT2D eigenvalue weighted by molar-refractivity contribution is 6.34. The summed E-state index contributed by atoms with van der Waals surface area (Å²) in [6, 6.07) is 12.2. The molecule has 2 aliphatic heterocycles. The number of allylic oxidation sites excluding steroid dienone is 2. The molecule has 0 spiro atoms. The van der Waals surface area contributed by atoms with Gasteiger partial charge in [-0.15, -0.1) is 0 Å². The van der Waals surface area contributed by atoms with Crippen molar-refractivity contribution in [3.05, 3.63) is 64.7 Å². The maximum atomic E-state index is 12.8. The van der Waals surface area contributed by atoms with Crippen molar-refractivity contribution in [2.75, 3.05) is 55.9 Å². The number of halogens is 1. The van der Waals surface area contributed by atoms with E-state index in [1.54, 1.807) is 4.90 Å². The molecule has 2 aromatic rings. The van der Waals surface area contributed by atoms with Gasteiger partial charge in [0.25, 0.3) is 0 Å². The van der Waals surface area contributed by atoms with Crippen molar-refractivity contribution in [1.29, 1.82) is 0 Å². The van der Waals surface area contributed by atoms with Crippen LogP contribution in [0.2, 0.25) is 5.02 Å². The molecule has 1 amide bonds. The number of hydrogen-bond acceptors (Lipinski definition) is 6. The Morgan fingerprint density at radius 3 is 2.53 bits per heavy atom. The highest BCUT2D eigenvalue weighted by Gasteiger charge is 2.26. The second-order valence-electron chi connectivity index (χ2n) is 12.2. The fourth-order valence-corrected chi connectivity index (χ4v) is 6.27. The van der Waals surface area contributed by atoms with E-state index in [2.05, 4.69) is 54.0 Å². The minimum absolute atomic E-state index is 0.0191. The zero-order chi connectivity index (χ0) is 31.9. The van der Waals surface area contributed by atoms with E-state index < -0.39 is 0 Å². The predicted molar refractivity (Wildman–Crippen MR) is 185 cm³/mol. The Morgan fingerprint density at radius 1 is 0.911 bits per heavy atom. The number of amides is 1. The summed E-state index contributed by atoms with van der Waals surface area (Å²) in [5.74, 6) is 0.483. The minimum Gasteiger partial charge on any atom is -0.494 e. The number of aryl methyl sites for hydroxylation is 2. The summed E-state index contributed by atoms with van der Waals surface area (Å²) in [5.41, 5.74) is 4.13. The second kappa shape index (κ2) is 18.8. The van der Waals surface area contributed by atoms with E-state index in [0.29, 0.717) is 25.9 Å². The van der Waals surface area contributed by atoms with Gasteiger partial charge in [0.2, 0.25) is 5.91 Å². The van der Waals surface area contributed by atoms with Crippen LogP contribution >= 0.6 is 11.6 Å². The Balaban J connectivity index is 1.13. The molecule has 4 rings (SSSR count). The summed E-state index contributed by atoms with van der Waals surface area (Å²) in [6.07, 6.45) is 15.6. The van der Waals surface area contributed by atoms with Crippen LogP contribution in [0.25, 0.3) is 0 Å². The van der Waals surface area contributed by atoms with Gasteiger partial charge in [-0.3, -0.25) is 19.4 Å². The third kappa shape index (κ3) is 11.1. The number of rotatable bonds is 18. The van der Waals surface area contributed by atoms with Gasteiger partial charge in [-0.05, 0) is 81.7 Å². The number of hydrogen-bond donors (Lipinski definition) is 0. The molecule has 45 heavy (non-hydrogen) atoms. The molecule has 0 N–H and O–H groups in total. The summed E-state index contributed by atoms with van der Waals surface area (Å²) in [6.45, 7) is 9.86. The first kappa shape index (κ1) is 34.8. The monoisotopic (exact) mass is 637 g/mol. The van der Waals surface area contributed by atoms with Crippen LogP contribution in [0.4, 0.5) is 11.4 Å². The molecule has 0 bridgehead atoms. The molecule has 7 nitrogen and oxygen atoms in total. The molecular formula is C37H52ClN3O4. The summed E-state index contributed by atoms with van der Waals surface area (Å²) in [5, 5.41) is 0.863. The minimum atomic E-state index is -0.242. The van der Waals surface area contributed by atoms with E-state index in [-0.39, 0.29) is 18.6 Å². The lowest BCUT2D eigenvalue weighted by molar-refractivity contribution is -0.144. The summed E-state index contributed by atoms with van der Waals surface area (Å²) >= 11 is 6.55. The van der Waals surface area contributed by atoms with Gasteiger partial charge in [-0.2, -0.15) is 0 Å². The zero-order valence-electron chi connectivity index (χ0n) is 27.4. The third-order valence-electron chi connectivity index (χ3n) is 8.79. The molecule has 2 heterocycles. The third-order valence-corrected chi connectivity index (χ3v) is 9.28. The number of carbonyl (C=O) groups excluding carboxylic acids is 2. The van der Waals surface area contributed by atoms with Crippen LogP contribution in [-0.2, 0) is 20.7 Å². The fraction of sp³-hybridized carbons (Fsp3) is 0.568. The van der Waals surface area contributed by atoms with Crippen molar-refractivity contribution < 1.29 is 19.1 Å². The van der Waals surface area contributed by atoms with Crippen molar-refractivity contribution >= 4 is 34.9 Å². The van der Waals surface area contributed by atoms with Gasteiger partial charge in [0.15, 0.2) is 6.73 Å². The van der Waals surface area contributed by atoms with Crippen LogP contribution in [0.15, 0.2) is 48.6 Å². The molecule has 2 aromatic carbocycles. The van der Waals surface area contributed by atoms with Gasteiger partial charge in [-0.1, -0.05) is 68.1 Å². The molecule has 0 saturated carbocycles. The number of carbonyl (C=O) groups is 2. The van der Waals surface area contributed by atoms with Crippen LogP contribution < -0.4 is 14.5 Å². The highest BCUT2D eigenvalue weighted by atomic mass is 35.5. The molecule has 246 valence electrons. The van der Waals surface area contributed by atoms with Gasteiger partial charge >= 0.3 is 5.97 Å². The highest BCUT2D eigenvalue weighted by Crippen LogP contribution is 2.32. The van der Waals surface area contributed by atoms with Gasteiger partial charge < -0.3 is 14.4 Å². The second-order valence-corrected chi connectivity index (χ2v) is 12.6. The average molecular weight is 638 g/mol. The van der Waals surface area contributed by atoms with Crippen LogP contribution in [0.3, 0.4) is 0 Å². The molecule has 1 saturated heterocycles. The molecule has 0 atom stereocenters. The molecule has 0 aliphatic carbocycles. The molecule has 0 radical (unpaired) electrons. The molecule has 0 unspecified atom stereocenters. The predicted octanol–water partition coefficient (Wildman–Crippen LogP) is 8.11. The largest absolute Gasteiger partial charge is 0.494 e. The van der Waals surface area contributed by atoms with Gasteiger partial charge in [0.05, 0.1) is 23.0 Å². The SMILES string of the molecule is CC/C=C\CCCCCCCC(=O)OCN1C(=O)CCc2ccc(OCCCCN3CCN(c4cccc(C)c4Cl)CC3)cc21. The number of nitrogens with zero attached hydrogens (tertiary/aromatic N) is 3. The van der Waals surface area contributed by atoms with E-state index in [0.717, 1.165) is 111 Å². The molecule has 8 heteroatoms. The number of benzene rings is 2. The Morgan fingerprint density at radius 2 is 1.71 bits per heavy atom. The Bertz CT molecular complexity index is 1260. The lowest BCUT2D eigenvalue weighted by atomic mass is 10.0. The Hall–Kier alpha value is -3.03. The van der Waals surface area contributed by atoms with E-state index in [4.69, 9.17) is 21.1 Å². The summed E-state index contributed by atoms with van der Waals surface area (Å²) in [4.78, 5) is 31.7. The van der Waals surface area contributed by atoms with Crippen molar-refractivity contribution in [1.82, 2.24) is 4.90 Å². The smallest absolute Gasteiger partial charge is 0.307 e. The molecular weight excluding hydrogens is 586 g/mol. The average Bonchev–Trinajstić information content (AvgIpc) is 3.05. The van der Waals surface area contributed by atoms with Crippen molar-refractivity contribution in [2.24, 2.45) is 0 Å². The van der Waals surface area contributed by atoms with Gasteiger partial charge in [0.1, 0.15) is 5.75 Å². The number of anilines is 2. The Kier molecular flexibility index (Phi) is 14.6. The standard InChI is InChI=1S/C37H52ClN3O4/c1-3-4-5-6-7-8-9-10-11-17-36(43)45-29-41-34-28-32(20-18-31(34)19-21-35(41)42)44-27-13-12-22-39-23-25-40(26-24-39)33-16-14-15-30(2)37(33)38/h4-5,14-16,18,20,28H,3,6-13,17,19,21-27,29H2,1-2H3/b5-4-. The van der Waals surface area contributed by atoms with Crippen molar-refractivity contribution in [2.45, 2.75) is 90.9 Å². The summed E-state index contributed by atoms with van der Waals surface area (Å²) < 4.78 is 11.6. The fourth-order valence-electron chi connectivity index (χ4n) is 6.02. The zero-order valence-corrected chi connectivity index (χ0v) is 28.2. The van der Waals surface area contributed by atoms with Crippen LogP contribution in [0, 0.1) is 6.92 Å². The van der Waals surface area contributed by atoms with E-state index in [1.165, 1.54) is 12.8 Å². The number of ether oxygens (including phenoxy) is 2. The van der Waals surface area contributed by atoms with E-state index >= 15 is 0 Å². The first-order chi connectivity index (χ1) is 22.0. The maximum absolute atomic E-state index is 12.8. The number of fused-ring (bicyclic) bond motifs is 1. The maximum Gasteiger partial charge on any atom is 0.307 e. The number of unbranched alkanes of at least 4 members (excludes halogenated alkanes) is 6.